The molecule has 7 nitrogen and oxygen atoms in total. The Hall–Kier alpha value is -2.28. The molecule has 0 fully saturated rings. The molecular weight excluding hydrogens is 346 g/mol. The Bertz CT molecular complexity index is 656. The van der Waals surface area contributed by atoms with Gasteiger partial charge in [0, 0.05) is 0 Å². The first-order chi connectivity index (χ1) is 11.5. The zero-order valence-electron chi connectivity index (χ0n) is 15.0. The number of alkyl carbamates (subject to hydrolysis) is 1. The van der Waals surface area contributed by atoms with Gasteiger partial charge in [0.2, 0.25) is 11.8 Å². The molecule has 0 aromatic heterocycles. The van der Waals surface area contributed by atoms with Gasteiger partial charge in [-0.2, -0.15) is 0 Å². The van der Waals surface area contributed by atoms with Crippen LogP contribution in [0.5, 0.6) is 0 Å². The van der Waals surface area contributed by atoms with E-state index < -0.39 is 29.6 Å². The molecule has 0 unspecified atom stereocenters. The van der Waals surface area contributed by atoms with Gasteiger partial charge < -0.3 is 20.7 Å². The number of halogens is 1. The first-order valence-electron chi connectivity index (χ1n) is 7.81. The summed E-state index contributed by atoms with van der Waals surface area (Å²) in [6, 6.07) is 4.38. The van der Waals surface area contributed by atoms with Crippen molar-refractivity contribution in [2.75, 3.05) is 11.9 Å². The van der Waals surface area contributed by atoms with Crippen LogP contribution in [0.1, 0.15) is 33.3 Å². The number of anilines is 1. The second-order valence-electron chi connectivity index (χ2n) is 6.62. The molecule has 0 radical (unpaired) electrons. The Morgan fingerprint density at radius 2 is 1.88 bits per heavy atom. The van der Waals surface area contributed by atoms with Gasteiger partial charge in [0.05, 0.1) is 17.3 Å². The van der Waals surface area contributed by atoms with Crippen LogP contribution in [0.15, 0.2) is 18.2 Å². The van der Waals surface area contributed by atoms with Crippen molar-refractivity contribution in [3.8, 4) is 0 Å². The zero-order chi connectivity index (χ0) is 19.2. The smallest absolute Gasteiger partial charge is 0.408 e. The highest BCUT2D eigenvalue weighted by Gasteiger charge is 2.21. The monoisotopic (exact) mass is 369 g/mol. The summed E-state index contributed by atoms with van der Waals surface area (Å²) in [5.41, 5.74) is 0.776. The Kier molecular flexibility index (Phi) is 7.23. The van der Waals surface area contributed by atoms with Gasteiger partial charge in [-0.3, -0.25) is 9.59 Å². The SMILES string of the molecule is Cc1ccc(NC(=O)CNC(=O)[C@@H](C)NC(=O)OC(C)(C)C)c(Cl)c1. The summed E-state index contributed by atoms with van der Waals surface area (Å²) in [5.74, 6) is -0.931. The Morgan fingerprint density at radius 3 is 2.44 bits per heavy atom. The maximum Gasteiger partial charge on any atom is 0.408 e. The summed E-state index contributed by atoms with van der Waals surface area (Å²) in [6.45, 7) is 8.29. The summed E-state index contributed by atoms with van der Waals surface area (Å²) in [5, 5.41) is 7.86. The topological polar surface area (TPSA) is 96.5 Å². The molecule has 1 aromatic carbocycles. The molecule has 0 saturated heterocycles. The van der Waals surface area contributed by atoms with E-state index in [4.69, 9.17) is 16.3 Å². The molecule has 0 spiro atoms. The van der Waals surface area contributed by atoms with Crippen LogP contribution < -0.4 is 16.0 Å². The zero-order valence-corrected chi connectivity index (χ0v) is 15.8. The van der Waals surface area contributed by atoms with Crippen molar-refractivity contribution in [2.24, 2.45) is 0 Å². The number of carbonyl (C=O) groups excluding carboxylic acids is 3. The predicted octanol–water partition coefficient (Wildman–Crippen LogP) is 2.62. The normalized spacial score (nSPS) is 12.1. The number of amides is 3. The van der Waals surface area contributed by atoms with E-state index in [-0.39, 0.29) is 6.54 Å². The second kappa shape index (κ2) is 8.71. The largest absolute Gasteiger partial charge is 0.444 e. The fourth-order valence-corrected chi connectivity index (χ4v) is 2.07. The van der Waals surface area contributed by atoms with Gasteiger partial charge in [-0.05, 0) is 52.3 Å². The van der Waals surface area contributed by atoms with Crippen LogP contribution in [0, 0.1) is 6.92 Å². The van der Waals surface area contributed by atoms with Gasteiger partial charge in [-0.1, -0.05) is 17.7 Å². The van der Waals surface area contributed by atoms with Crippen LogP contribution in [-0.4, -0.2) is 36.1 Å². The molecule has 0 aliphatic heterocycles. The number of aryl methyl sites for hydroxylation is 1. The van der Waals surface area contributed by atoms with Gasteiger partial charge in [0.1, 0.15) is 11.6 Å². The minimum atomic E-state index is -0.842. The summed E-state index contributed by atoms with van der Waals surface area (Å²) in [4.78, 5) is 35.4. The van der Waals surface area contributed by atoms with Crippen LogP contribution in [0.25, 0.3) is 0 Å². The third-order valence-corrected chi connectivity index (χ3v) is 3.26. The van der Waals surface area contributed by atoms with Crippen molar-refractivity contribution in [2.45, 2.75) is 46.3 Å². The average Bonchev–Trinajstić information content (AvgIpc) is 2.45. The van der Waals surface area contributed by atoms with Gasteiger partial charge in [-0.15, -0.1) is 0 Å². The van der Waals surface area contributed by atoms with E-state index in [1.165, 1.54) is 6.92 Å². The average molecular weight is 370 g/mol. The highest BCUT2D eigenvalue weighted by molar-refractivity contribution is 6.33. The van der Waals surface area contributed by atoms with Crippen LogP contribution >= 0.6 is 11.6 Å². The van der Waals surface area contributed by atoms with E-state index in [9.17, 15) is 14.4 Å². The molecule has 8 heteroatoms. The van der Waals surface area contributed by atoms with E-state index in [0.29, 0.717) is 10.7 Å². The molecule has 3 N–H and O–H groups in total. The molecule has 1 atom stereocenters. The van der Waals surface area contributed by atoms with Crippen LogP contribution in [0.4, 0.5) is 10.5 Å². The van der Waals surface area contributed by atoms with E-state index in [0.717, 1.165) is 5.56 Å². The van der Waals surface area contributed by atoms with Crippen molar-refractivity contribution in [3.05, 3.63) is 28.8 Å². The van der Waals surface area contributed by atoms with Gasteiger partial charge in [0.25, 0.3) is 0 Å². The number of carbonyl (C=O) groups is 3. The van der Waals surface area contributed by atoms with Crippen molar-refractivity contribution in [1.29, 1.82) is 0 Å². The molecule has 25 heavy (non-hydrogen) atoms. The van der Waals surface area contributed by atoms with E-state index >= 15 is 0 Å². The lowest BCUT2D eigenvalue weighted by Crippen LogP contribution is -2.47. The first kappa shape index (κ1) is 20.8. The van der Waals surface area contributed by atoms with Crippen LogP contribution in [0.2, 0.25) is 5.02 Å². The highest BCUT2D eigenvalue weighted by Crippen LogP contribution is 2.22. The summed E-state index contributed by atoms with van der Waals surface area (Å²) in [7, 11) is 0. The molecule has 0 heterocycles. The van der Waals surface area contributed by atoms with Crippen LogP contribution in [0.3, 0.4) is 0 Å². The fraction of sp³-hybridized carbons (Fsp3) is 0.471. The first-order valence-corrected chi connectivity index (χ1v) is 8.19. The third kappa shape index (κ3) is 7.89. The lowest BCUT2D eigenvalue weighted by atomic mass is 10.2. The lowest BCUT2D eigenvalue weighted by Gasteiger charge is -2.21. The van der Waals surface area contributed by atoms with Crippen LogP contribution in [-0.2, 0) is 14.3 Å². The maximum atomic E-state index is 11.9. The molecule has 3 amide bonds. The minimum absolute atomic E-state index is 0.247. The molecule has 1 aromatic rings. The second-order valence-corrected chi connectivity index (χ2v) is 7.02. The van der Waals surface area contributed by atoms with Gasteiger partial charge in [-0.25, -0.2) is 4.79 Å². The number of hydrogen-bond acceptors (Lipinski definition) is 4. The lowest BCUT2D eigenvalue weighted by molar-refractivity contribution is -0.125. The highest BCUT2D eigenvalue weighted by atomic mass is 35.5. The molecule has 1 rings (SSSR count). The molecule has 0 saturated carbocycles. The number of hydrogen-bond donors (Lipinski definition) is 3. The standard InChI is InChI=1S/C17H24ClN3O4/c1-10-6-7-13(12(18)8-10)21-14(22)9-19-15(23)11(2)20-16(24)25-17(3,4)5/h6-8,11H,9H2,1-5H3,(H,19,23)(H,20,24)(H,21,22)/t11-/m1/s1. The third-order valence-electron chi connectivity index (χ3n) is 2.95. The minimum Gasteiger partial charge on any atom is -0.444 e. The van der Waals surface area contributed by atoms with Crippen molar-refractivity contribution in [3.63, 3.8) is 0 Å². The van der Waals surface area contributed by atoms with E-state index in [1.54, 1.807) is 32.9 Å². The van der Waals surface area contributed by atoms with Crippen molar-refractivity contribution in [1.82, 2.24) is 10.6 Å². The molecule has 138 valence electrons. The molecule has 0 aliphatic carbocycles. The van der Waals surface area contributed by atoms with Crippen molar-refractivity contribution < 1.29 is 19.1 Å². The summed E-state index contributed by atoms with van der Waals surface area (Å²) >= 11 is 6.03. The number of nitrogens with one attached hydrogen (secondary N) is 3. The molecule has 0 bridgehead atoms. The van der Waals surface area contributed by atoms with Gasteiger partial charge >= 0.3 is 6.09 Å². The van der Waals surface area contributed by atoms with Gasteiger partial charge in [0.15, 0.2) is 0 Å². The van der Waals surface area contributed by atoms with Crippen molar-refractivity contribution >= 4 is 35.2 Å². The Labute approximate surface area is 152 Å². The quantitative estimate of drug-likeness (QED) is 0.743. The fourth-order valence-electron chi connectivity index (χ4n) is 1.79. The Morgan fingerprint density at radius 1 is 1.24 bits per heavy atom. The van der Waals surface area contributed by atoms with E-state index in [1.807, 2.05) is 13.0 Å². The van der Waals surface area contributed by atoms with E-state index in [2.05, 4.69) is 16.0 Å². The maximum absolute atomic E-state index is 11.9. The molecule has 0 aliphatic rings. The molecular formula is C17H24ClN3O4. The number of rotatable bonds is 5. The number of ether oxygens (including phenoxy) is 1. The Balaban J connectivity index is 2.44. The summed E-state index contributed by atoms with van der Waals surface area (Å²) < 4.78 is 5.06. The predicted molar refractivity (Wildman–Crippen MR) is 96.7 cm³/mol. The summed E-state index contributed by atoms with van der Waals surface area (Å²) in [6.07, 6.45) is -0.703. The number of benzene rings is 1.